The van der Waals surface area contributed by atoms with Crippen LogP contribution in [0.4, 0.5) is 10.5 Å². The topological polar surface area (TPSA) is 129 Å². The Kier molecular flexibility index (Phi) is 6.09. The number of aromatic nitrogens is 4. The smallest absolute Gasteiger partial charge is 0.333 e. The lowest BCUT2D eigenvalue weighted by molar-refractivity contribution is 0.0165. The van der Waals surface area contributed by atoms with Crippen LogP contribution in [0.3, 0.4) is 0 Å². The van der Waals surface area contributed by atoms with Crippen LogP contribution >= 0.6 is 0 Å². The van der Waals surface area contributed by atoms with Crippen molar-refractivity contribution >= 4 is 21.7 Å². The average molecular weight is 441 g/mol. The van der Waals surface area contributed by atoms with Crippen LogP contribution in [0, 0.1) is 0 Å². The third-order valence-electron chi connectivity index (χ3n) is 4.84. The van der Waals surface area contributed by atoms with Crippen LogP contribution in [0.2, 0.25) is 0 Å². The number of sulfonamides is 1. The normalized spacial score (nSPS) is 16.5. The zero-order valence-corrected chi connectivity index (χ0v) is 18.8. The van der Waals surface area contributed by atoms with Crippen molar-refractivity contribution in [3.8, 4) is 5.88 Å². The Bertz CT molecular complexity index is 1040. The van der Waals surface area contributed by atoms with Crippen molar-refractivity contribution in [2.75, 3.05) is 19.0 Å². The second kappa shape index (κ2) is 8.26. The first kappa shape index (κ1) is 22.1. The van der Waals surface area contributed by atoms with Crippen molar-refractivity contribution in [3.63, 3.8) is 0 Å². The average Bonchev–Trinajstić information content (AvgIpc) is 3.21. The molecule has 0 aromatic carbocycles. The van der Waals surface area contributed by atoms with Gasteiger partial charge in [-0.15, -0.1) is 0 Å². The van der Waals surface area contributed by atoms with Gasteiger partial charge >= 0.3 is 6.03 Å². The number of methoxy groups -OCH3 is 1. The van der Waals surface area contributed by atoms with Gasteiger partial charge in [-0.05, 0) is 11.8 Å². The molecule has 0 bridgehead atoms. The predicted molar refractivity (Wildman–Crippen MR) is 109 cm³/mol. The SMILES string of the molecule is CO[C@@H]1COc2c(S(=O)(=O)NC(=O)Nc3c(C(C)C)nn(C)c3C(C)C)cnn2C1. The van der Waals surface area contributed by atoms with Crippen LogP contribution in [0.5, 0.6) is 5.88 Å². The molecule has 0 unspecified atom stereocenters. The number of nitrogens with one attached hydrogen (secondary N) is 2. The third-order valence-corrected chi connectivity index (χ3v) is 6.16. The second-order valence-electron chi connectivity index (χ2n) is 7.80. The monoisotopic (exact) mass is 440 g/mol. The number of anilines is 1. The maximum Gasteiger partial charge on any atom is 0.333 e. The van der Waals surface area contributed by atoms with E-state index in [2.05, 4.69) is 15.5 Å². The van der Waals surface area contributed by atoms with Crippen LogP contribution in [0.25, 0.3) is 0 Å². The highest BCUT2D eigenvalue weighted by atomic mass is 32.2. The highest BCUT2D eigenvalue weighted by Gasteiger charge is 2.31. The van der Waals surface area contributed by atoms with Gasteiger partial charge in [0.1, 0.15) is 12.7 Å². The summed E-state index contributed by atoms with van der Waals surface area (Å²) in [6.07, 6.45) is 0.935. The summed E-state index contributed by atoms with van der Waals surface area (Å²) < 4.78 is 41.5. The minimum absolute atomic E-state index is 0.0421. The maximum atomic E-state index is 12.8. The molecule has 2 amide bonds. The molecular weight excluding hydrogens is 412 g/mol. The van der Waals surface area contributed by atoms with Gasteiger partial charge in [-0.1, -0.05) is 27.7 Å². The van der Waals surface area contributed by atoms with Crippen molar-refractivity contribution in [1.29, 1.82) is 0 Å². The van der Waals surface area contributed by atoms with E-state index in [9.17, 15) is 13.2 Å². The third kappa shape index (κ3) is 4.15. The van der Waals surface area contributed by atoms with E-state index in [-0.39, 0.29) is 35.3 Å². The second-order valence-corrected chi connectivity index (χ2v) is 9.45. The van der Waals surface area contributed by atoms with Gasteiger partial charge in [0.25, 0.3) is 10.0 Å². The van der Waals surface area contributed by atoms with Gasteiger partial charge in [0.2, 0.25) is 5.88 Å². The molecule has 30 heavy (non-hydrogen) atoms. The Hall–Kier alpha value is -2.60. The molecule has 3 rings (SSSR count). The minimum Gasteiger partial charge on any atom is -0.474 e. The van der Waals surface area contributed by atoms with Gasteiger partial charge in [0.15, 0.2) is 4.90 Å². The molecular formula is C18H28N6O5S. The summed E-state index contributed by atoms with van der Waals surface area (Å²) in [4.78, 5) is 12.4. The van der Waals surface area contributed by atoms with E-state index in [1.165, 1.54) is 4.68 Å². The number of carbonyl (C=O) groups excluding carboxylic acids is 1. The Morgan fingerprint density at radius 3 is 2.60 bits per heavy atom. The lowest BCUT2D eigenvalue weighted by atomic mass is 10.0. The van der Waals surface area contributed by atoms with Crippen molar-refractivity contribution < 1.29 is 22.7 Å². The quantitative estimate of drug-likeness (QED) is 0.700. The standard InChI is InChI=1S/C18H28N6O5S/c1-10(2)14-15(16(11(3)4)23(5)21-14)20-18(25)22-30(26,27)13-7-19-24-8-12(28-6)9-29-17(13)24/h7,10-12H,8-9H2,1-6H3,(H2,20,22,25)/t12-/m0/s1. The van der Waals surface area contributed by atoms with Crippen LogP contribution in [0.1, 0.15) is 50.9 Å². The first-order valence-corrected chi connectivity index (χ1v) is 11.2. The maximum absolute atomic E-state index is 12.8. The van der Waals surface area contributed by atoms with Crippen LogP contribution < -0.4 is 14.8 Å². The largest absolute Gasteiger partial charge is 0.474 e. The van der Waals surface area contributed by atoms with E-state index in [1.807, 2.05) is 32.4 Å². The Balaban J connectivity index is 1.83. The first-order chi connectivity index (χ1) is 14.0. The molecule has 2 N–H and O–H groups in total. The predicted octanol–water partition coefficient (Wildman–Crippen LogP) is 1.78. The number of aryl methyl sites for hydroxylation is 1. The Labute approximate surface area is 175 Å². The highest BCUT2D eigenvalue weighted by Crippen LogP contribution is 2.32. The van der Waals surface area contributed by atoms with E-state index in [0.717, 1.165) is 11.9 Å². The summed E-state index contributed by atoms with van der Waals surface area (Å²) in [5, 5.41) is 11.2. The fraction of sp³-hybridized carbons (Fsp3) is 0.611. The molecule has 0 fully saturated rings. The molecule has 0 radical (unpaired) electrons. The van der Waals surface area contributed by atoms with Crippen LogP contribution in [0.15, 0.2) is 11.1 Å². The van der Waals surface area contributed by atoms with Gasteiger partial charge in [-0.2, -0.15) is 10.2 Å². The number of nitrogens with zero attached hydrogens (tertiary/aromatic N) is 4. The van der Waals surface area contributed by atoms with E-state index in [4.69, 9.17) is 9.47 Å². The van der Waals surface area contributed by atoms with E-state index >= 15 is 0 Å². The molecule has 2 aromatic heterocycles. The summed E-state index contributed by atoms with van der Waals surface area (Å²) in [6, 6.07) is -0.877. The van der Waals surface area contributed by atoms with Gasteiger partial charge in [-0.25, -0.2) is 22.6 Å². The van der Waals surface area contributed by atoms with Gasteiger partial charge in [0, 0.05) is 14.2 Å². The molecule has 0 spiro atoms. The van der Waals surface area contributed by atoms with Crippen LogP contribution in [-0.2, 0) is 28.4 Å². The zero-order chi connectivity index (χ0) is 22.2. The van der Waals surface area contributed by atoms with Gasteiger partial charge in [-0.3, -0.25) is 4.68 Å². The molecule has 0 saturated heterocycles. The summed E-state index contributed by atoms with van der Waals surface area (Å²) in [7, 11) is -0.860. The van der Waals surface area contributed by atoms with Crippen LogP contribution in [-0.4, -0.2) is 53.8 Å². The lowest BCUT2D eigenvalue weighted by Gasteiger charge is -2.23. The number of urea groups is 1. The van der Waals surface area contributed by atoms with Crippen molar-refractivity contribution in [1.82, 2.24) is 24.3 Å². The number of fused-ring (bicyclic) bond motifs is 1. The molecule has 1 aliphatic heterocycles. The molecule has 0 aliphatic carbocycles. The molecule has 2 aromatic rings. The summed E-state index contributed by atoms with van der Waals surface area (Å²) in [5.41, 5.74) is 2.01. The van der Waals surface area contributed by atoms with E-state index < -0.39 is 16.1 Å². The fourth-order valence-electron chi connectivity index (χ4n) is 3.45. The number of ether oxygens (including phenoxy) is 2. The fourth-order valence-corrected chi connectivity index (χ4v) is 4.43. The Morgan fingerprint density at radius 1 is 1.30 bits per heavy atom. The highest BCUT2D eigenvalue weighted by molar-refractivity contribution is 7.90. The van der Waals surface area contributed by atoms with Crippen molar-refractivity contribution in [3.05, 3.63) is 17.6 Å². The van der Waals surface area contributed by atoms with Crippen molar-refractivity contribution in [2.45, 2.75) is 57.1 Å². The summed E-state index contributed by atoms with van der Waals surface area (Å²) >= 11 is 0. The number of hydrogen-bond donors (Lipinski definition) is 2. The Morgan fingerprint density at radius 2 is 2.00 bits per heavy atom. The molecule has 166 valence electrons. The summed E-state index contributed by atoms with van der Waals surface area (Å²) in [5.74, 6) is 0.197. The number of rotatable bonds is 6. The lowest BCUT2D eigenvalue weighted by Crippen LogP contribution is -2.36. The molecule has 1 atom stereocenters. The first-order valence-electron chi connectivity index (χ1n) is 9.67. The van der Waals surface area contributed by atoms with Gasteiger partial charge in [0.05, 0.1) is 29.8 Å². The molecule has 11 nitrogen and oxygen atoms in total. The number of carbonyl (C=O) groups is 1. The molecule has 12 heteroatoms. The van der Waals surface area contributed by atoms with Crippen molar-refractivity contribution in [2.24, 2.45) is 7.05 Å². The molecule has 3 heterocycles. The zero-order valence-electron chi connectivity index (χ0n) is 18.0. The number of hydrogen-bond acceptors (Lipinski definition) is 7. The molecule has 0 saturated carbocycles. The summed E-state index contributed by atoms with van der Waals surface area (Å²) in [6.45, 7) is 8.42. The minimum atomic E-state index is -4.20. The van der Waals surface area contributed by atoms with Gasteiger partial charge < -0.3 is 14.8 Å². The van der Waals surface area contributed by atoms with E-state index in [0.29, 0.717) is 17.9 Å². The number of amides is 2. The van der Waals surface area contributed by atoms with E-state index in [1.54, 1.807) is 18.8 Å². The molecule has 1 aliphatic rings.